The Kier molecular flexibility index (Phi) is 1.99. The number of carbonyl (C=O) groups excluding carboxylic acids is 1. The normalized spacial score (nSPS) is 9.93. The lowest BCUT2D eigenvalue weighted by Crippen LogP contribution is -1.96. The van der Waals surface area contributed by atoms with Gasteiger partial charge in [-0.2, -0.15) is 5.10 Å². The molecule has 0 saturated heterocycles. The van der Waals surface area contributed by atoms with Crippen LogP contribution in [-0.2, 0) is 0 Å². The van der Waals surface area contributed by atoms with Gasteiger partial charge >= 0.3 is 0 Å². The average molecular weight is 185 g/mol. The molecule has 0 saturated carbocycles. The van der Waals surface area contributed by atoms with E-state index >= 15 is 0 Å². The van der Waals surface area contributed by atoms with E-state index in [-0.39, 0.29) is 12.2 Å². The summed E-state index contributed by atoms with van der Waals surface area (Å²) in [4.78, 5) is 15.4. The number of nitrogens with zero attached hydrogens (tertiary/aromatic N) is 3. The van der Waals surface area contributed by atoms with Crippen LogP contribution in [-0.4, -0.2) is 20.4 Å². The highest BCUT2D eigenvalue weighted by atomic mass is 16.1. The first-order chi connectivity index (χ1) is 6.83. The highest BCUT2D eigenvalue weighted by Gasteiger charge is 2.10. The molecule has 0 amide bonds. The molecular weight excluding hydrogens is 178 g/mol. The Labute approximate surface area is 80.6 Å². The van der Waals surface area contributed by atoms with Crippen molar-refractivity contribution in [1.82, 2.24) is 14.6 Å². The molecule has 2 heterocycles. The molecule has 4 heteroatoms. The molecule has 0 atom stereocenters. The van der Waals surface area contributed by atoms with Crippen LogP contribution in [0.1, 0.15) is 16.8 Å². The molecule has 0 bridgehead atoms. The first-order valence-electron chi connectivity index (χ1n) is 4.07. The SMILES string of the molecule is C#CCC(=O)c1cnn2ccncc12. The minimum Gasteiger partial charge on any atom is -0.293 e. The first-order valence-corrected chi connectivity index (χ1v) is 4.07. The van der Waals surface area contributed by atoms with E-state index in [1.54, 1.807) is 23.1 Å². The van der Waals surface area contributed by atoms with Gasteiger partial charge in [-0.05, 0) is 0 Å². The fourth-order valence-corrected chi connectivity index (χ4v) is 1.24. The van der Waals surface area contributed by atoms with Gasteiger partial charge in [0, 0.05) is 12.4 Å². The van der Waals surface area contributed by atoms with Crippen molar-refractivity contribution in [2.45, 2.75) is 6.42 Å². The number of terminal acetylenes is 1. The van der Waals surface area contributed by atoms with Gasteiger partial charge in [0.05, 0.1) is 29.9 Å². The summed E-state index contributed by atoms with van der Waals surface area (Å²) in [6.07, 6.45) is 11.6. The number of hydrogen-bond donors (Lipinski definition) is 0. The van der Waals surface area contributed by atoms with Crippen molar-refractivity contribution < 1.29 is 4.79 Å². The number of hydrogen-bond acceptors (Lipinski definition) is 3. The summed E-state index contributed by atoms with van der Waals surface area (Å²) in [5, 5.41) is 4.01. The van der Waals surface area contributed by atoms with Crippen LogP contribution in [0.3, 0.4) is 0 Å². The fraction of sp³-hybridized carbons (Fsp3) is 0.100. The lowest BCUT2D eigenvalue weighted by atomic mass is 10.1. The van der Waals surface area contributed by atoms with Gasteiger partial charge < -0.3 is 0 Å². The van der Waals surface area contributed by atoms with Crippen LogP contribution in [0.4, 0.5) is 0 Å². The number of rotatable bonds is 2. The van der Waals surface area contributed by atoms with E-state index in [2.05, 4.69) is 16.0 Å². The van der Waals surface area contributed by atoms with Gasteiger partial charge in [-0.1, -0.05) is 5.92 Å². The van der Waals surface area contributed by atoms with Crippen LogP contribution >= 0.6 is 0 Å². The Balaban J connectivity index is 2.54. The minimum absolute atomic E-state index is 0.0935. The molecule has 0 spiro atoms. The van der Waals surface area contributed by atoms with Crippen molar-refractivity contribution in [3.8, 4) is 12.3 Å². The zero-order valence-electron chi connectivity index (χ0n) is 7.34. The van der Waals surface area contributed by atoms with Crippen molar-refractivity contribution >= 4 is 11.3 Å². The van der Waals surface area contributed by atoms with Gasteiger partial charge in [-0.3, -0.25) is 9.78 Å². The Morgan fingerprint density at radius 3 is 3.21 bits per heavy atom. The molecule has 0 N–H and O–H groups in total. The van der Waals surface area contributed by atoms with Gasteiger partial charge in [0.25, 0.3) is 0 Å². The number of carbonyl (C=O) groups is 1. The van der Waals surface area contributed by atoms with Gasteiger partial charge in [-0.25, -0.2) is 4.52 Å². The van der Waals surface area contributed by atoms with E-state index in [0.717, 1.165) is 0 Å². The molecule has 2 aromatic heterocycles. The number of fused-ring (bicyclic) bond motifs is 1. The molecule has 0 aliphatic carbocycles. The standard InChI is InChI=1S/C10H7N3O/c1-2-3-10(14)8-6-12-13-5-4-11-7-9(8)13/h1,4-7H,3H2. The van der Waals surface area contributed by atoms with Crippen molar-refractivity contribution in [3.63, 3.8) is 0 Å². The monoisotopic (exact) mass is 185 g/mol. The molecule has 2 rings (SSSR count). The van der Waals surface area contributed by atoms with E-state index in [9.17, 15) is 4.79 Å². The summed E-state index contributed by atoms with van der Waals surface area (Å²) in [7, 11) is 0. The summed E-state index contributed by atoms with van der Waals surface area (Å²) in [5.41, 5.74) is 1.21. The van der Waals surface area contributed by atoms with Crippen molar-refractivity contribution in [2.24, 2.45) is 0 Å². The second kappa shape index (κ2) is 3.30. The molecule has 0 aliphatic rings. The van der Waals surface area contributed by atoms with Gasteiger partial charge in [-0.15, -0.1) is 6.42 Å². The Morgan fingerprint density at radius 1 is 1.57 bits per heavy atom. The predicted octanol–water partition coefficient (Wildman–Crippen LogP) is 0.935. The fourth-order valence-electron chi connectivity index (χ4n) is 1.24. The van der Waals surface area contributed by atoms with Crippen LogP contribution in [0.25, 0.3) is 5.52 Å². The maximum Gasteiger partial charge on any atom is 0.178 e. The van der Waals surface area contributed by atoms with Crippen molar-refractivity contribution in [3.05, 3.63) is 30.4 Å². The maximum absolute atomic E-state index is 11.5. The van der Waals surface area contributed by atoms with E-state index in [0.29, 0.717) is 11.1 Å². The molecule has 0 aromatic carbocycles. The average Bonchev–Trinajstić information content (AvgIpc) is 2.61. The Morgan fingerprint density at radius 2 is 2.43 bits per heavy atom. The highest BCUT2D eigenvalue weighted by Crippen LogP contribution is 2.10. The lowest BCUT2D eigenvalue weighted by molar-refractivity contribution is 0.0999. The quantitative estimate of drug-likeness (QED) is 0.516. The third-order valence-corrected chi connectivity index (χ3v) is 1.89. The topological polar surface area (TPSA) is 47.3 Å². The van der Waals surface area contributed by atoms with Crippen molar-refractivity contribution in [1.29, 1.82) is 0 Å². The van der Waals surface area contributed by atoms with E-state index in [4.69, 9.17) is 6.42 Å². The molecule has 0 aliphatic heterocycles. The van der Waals surface area contributed by atoms with E-state index in [1.807, 2.05) is 0 Å². The highest BCUT2D eigenvalue weighted by molar-refractivity contribution is 6.03. The minimum atomic E-state index is -0.101. The third-order valence-electron chi connectivity index (χ3n) is 1.89. The smallest absolute Gasteiger partial charge is 0.178 e. The molecule has 0 fully saturated rings. The maximum atomic E-state index is 11.5. The molecular formula is C10H7N3O. The summed E-state index contributed by atoms with van der Waals surface area (Å²) in [6.45, 7) is 0. The van der Waals surface area contributed by atoms with Gasteiger partial charge in [0.1, 0.15) is 0 Å². The second-order valence-corrected chi connectivity index (χ2v) is 2.77. The molecule has 0 unspecified atom stereocenters. The van der Waals surface area contributed by atoms with Gasteiger partial charge in [0.2, 0.25) is 0 Å². The van der Waals surface area contributed by atoms with Crippen LogP contribution < -0.4 is 0 Å². The van der Waals surface area contributed by atoms with Crippen LogP contribution in [0.5, 0.6) is 0 Å². The van der Waals surface area contributed by atoms with E-state index in [1.165, 1.54) is 6.20 Å². The summed E-state index contributed by atoms with van der Waals surface area (Å²) in [5.74, 6) is 2.21. The third kappa shape index (κ3) is 1.25. The lowest BCUT2D eigenvalue weighted by Gasteiger charge is -1.93. The Hall–Kier alpha value is -2.15. The van der Waals surface area contributed by atoms with Gasteiger partial charge in [0.15, 0.2) is 5.78 Å². The molecule has 2 aromatic rings. The zero-order chi connectivity index (χ0) is 9.97. The van der Waals surface area contributed by atoms with Crippen molar-refractivity contribution in [2.75, 3.05) is 0 Å². The molecule has 4 nitrogen and oxygen atoms in total. The summed E-state index contributed by atoms with van der Waals surface area (Å²) < 4.78 is 1.59. The molecule has 68 valence electrons. The molecule has 0 radical (unpaired) electrons. The van der Waals surface area contributed by atoms with Crippen LogP contribution in [0, 0.1) is 12.3 Å². The zero-order valence-corrected chi connectivity index (χ0v) is 7.34. The van der Waals surface area contributed by atoms with E-state index < -0.39 is 0 Å². The number of Topliss-reactive ketones (excluding diaryl/α,β-unsaturated/α-hetero) is 1. The second-order valence-electron chi connectivity index (χ2n) is 2.77. The van der Waals surface area contributed by atoms with Crippen LogP contribution in [0.2, 0.25) is 0 Å². The van der Waals surface area contributed by atoms with Crippen LogP contribution in [0.15, 0.2) is 24.8 Å². The predicted molar refractivity (Wildman–Crippen MR) is 50.8 cm³/mol. The molecule has 14 heavy (non-hydrogen) atoms. The summed E-state index contributed by atoms with van der Waals surface area (Å²) >= 11 is 0. The Bertz CT molecular complexity index is 521. The summed E-state index contributed by atoms with van der Waals surface area (Å²) in [6, 6.07) is 0. The number of aromatic nitrogens is 3. The largest absolute Gasteiger partial charge is 0.293 e. The number of ketones is 1. The first kappa shape index (κ1) is 8.45.